The van der Waals surface area contributed by atoms with E-state index in [0.717, 1.165) is 33.2 Å². The van der Waals surface area contributed by atoms with Crippen molar-refractivity contribution in [3.8, 4) is 5.75 Å². The smallest absolute Gasteiger partial charge is 0.324 e. The number of phenolic OH excluding ortho intramolecular Hbond substituents is 1. The maximum atomic E-state index is 14.9. The number of guanidine groups is 1. The fourth-order valence-corrected chi connectivity index (χ4v) is 14.0. The number of halogens is 1. The molecule has 11 amide bonds. The second kappa shape index (κ2) is 49.1. The fourth-order valence-electron chi connectivity index (χ4n) is 13.4. The van der Waals surface area contributed by atoms with Crippen molar-refractivity contribution in [1.29, 1.82) is 5.41 Å². The summed E-state index contributed by atoms with van der Waals surface area (Å²) in [7, 11) is 1.39. The number of ether oxygens (including phenoxy) is 1. The first-order chi connectivity index (χ1) is 55.7. The maximum absolute atomic E-state index is 14.9. The summed E-state index contributed by atoms with van der Waals surface area (Å²) >= 11 is 1.93. The third-order valence-electron chi connectivity index (χ3n) is 19.8. The number of unbranched alkanes of at least 4 members (excludes halogenated alkanes) is 3. The largest absolute Gasteiger partial charge is 0.507 e. The molecule has 0 spiro atoms. The van der Waals surface area contributed by atoms with Crippen molar-refractivity contribution in [3.63, 3.8) is 0 Å². The molecule has 2 fully saturated rings. The number of benzene rings is 5. The highest BCUT2D eigenvalue weighted by atomic mass is 127. The zero-order valence-corrected chi connectivity index (χ0v) is 68.0. The first-order valence-corrected chi connectivity index (χ1v) is 40.2. The van der Waals surface area contributed by atoms with Crippen LogP contribution >= 0.6 is 22.6 Å². The van der Waals surface area contributed by atoms with Crippen LogP contribution in [0.15, 0.2) is 109 Å². The second-order valence-corrected chi connectivity index (χ2v) is 30.1. The molecule has 4 atom stereocenters. The van der Waals surface area contributed by atoms with Gasteiger partial charge in [0.25, 0.3) is 12.4 Å². The van der Waals surface area contributed by atoms with Crippen molar-refractivity contribution >= 4 is 128 Å². The number of phenols is 1. The molecule has 5 aromatic rings. The van der Waals surface area contributed by atoms with E-state index in [2.05, 4.69) is 60.0 Å². The van der Waals surface area contributed by atoms with Gasteiger partial charge >= 0.3 is 18.0 Å². The number of rotatable bonds is 40. The van der Waals surface area contributed by atoms with Crippen molar-refractivity contribution in [2.75, 3.05) is 123 Å². The highest BCUT2D eigenvalue weighted by Gasteiger charge is 2.38. The number of likely N-dealkylation sites (N-methyl/N-ethyl adjacent to an activating group) is 1. The molecule has 35 heteroatoms. The van der Waals surface area contributed by atoms with E-state index in [0.29, 0.717) is 77.5 Å². The standard InChI is InChI=1S/C81H110IN17O17/c1-55-22-24-56(25-23-55)13-10-21-71(104)90-62-31-29-61(30-32-62)89-70(103)20-8-7-16-64(91-73(106)50-95-37-38-96(51-74(107)108)39-40-97(52-75(109)110)42-44-98(43-41-95)53-116-54-100)76(111)86-34-9-3-4-19-69(102)85-35-12-18-67-77(112)93-65(17-11-36-87-80(83)84)79(114)99(49-58-26-28-59-14-5-6-15-60(59)45-58)81(115)88-48-72(105)92-66(78(113)94(67)2)47-57-27-33-68(101)63(82)46-57/h5-6,14-15,22-33,45-46,54,64-67,101H,3-4,7-13,16-21,34-44,47-53H2,1-2H3,(H,85,102)(H,86,111)(H,88,115)(H,89,103)(H,90,104)(H,91,106)(H,92,105)(H,93,112)(H,107,108)(H,109,110)(H4,83,84,87)/t64-,65-,66+,67+/m0/s1. The predicted molar refractivity (Wildman–Crippen MR) is 442 cm³/mol. The van der Waals surface area contributed by atoms with Gasteiger partial charge in [-0.25, -0.2) is 4.79 Å². The van der Waals surface area contributed by atoms with Crippen LogP contribution in [-0.4, -0.2) is 264 Å². The summed E-state index contributed by atoms with van der Waals surface area (Å²) in [5.41, 5.74) is 10.1. The molecule has 0 bridgehead atoms. The predicted octanol–water partition coefficient (Wildman–Crippen LogP) is 3.55. The first kappa shape index (κ1) is 92.3. The average Bonchev–Trinajstić information content (AvgIpc) is 0.812. The van der Waals surface area contributed by atoms with Gasteiger partial charge in [-0.05, 0) is 164 Å². The first-order valence-electron chi connectivity index (χ1n) is 39.1. The zero-order chi connectivity index (χ0) is 83.9. The Kier molecular flexibility index (Phi) is 39.1. The van der Waals surface area contributed by atoms with Gasteiger partial charge in [0.2, 0.25) is 47.3 Å². The number of anilines is 2. The number of urea groups is 1. The van der Waals surface area contributed by atoms with Gasteiger partial charge in [0, 0.05) is 116 Å². The Labute approximate surface area is 688 Å². The summed E-state index contributed by atoms with van der Waals surface area (Å²) in [6.45, 7) is 2.53. The third-order valence-corrected chi connectivity index (χ3v) is 20.7. The Balaban J connectivity index is 0.970. The van der Waals surface area contributed by atoms with Crippen LogP contribution in [0.4, 0.5) is 16.2 Å². The monoisotopic (exact) mass is 1720 g/mol. The van der Waals surface area contributed by atoms with Gasteiger partial charge in [-0.3, -0.25) is 87.4 Å². The van der Waals surface area contributed by atoms with Crippen LogP contribution < -0.4 is 53.6 Å². The quantitative estimate of drug-likeness (QED) is 0.00876. The van der Waals surface area contributed by atoms with E-state index in [1.807, 2.05) is 78.0 Å². The van der Waals surface area contributed by atoms with Crippen LogP contribution in [0.25, 0.3) is 10.8 Å². The maximum Gasteiger partial charge on any atom is 0.324 e. The van der Waals surface area contributed by atoms with Crippen LogP contribution in [0.2, 0.25) is 0 Å². The van der Waals surface area contributed by atoms with E-state index < -0.39 is 84.1 Å². The number of hydrogen-bond acceptors (Lipinski definition) is 20. The summed E-state index contributed by atoms with van der Waals surface area (Å²) in [5.74, 6) is -7.37. The Hall–Kier alpha value is -10.9. The highest BCUT2D eigenvalue weighted by molar-refractivity contribution is 14.1. The fraction of sp³-hybridized carbons (Fsp3) is 0.481. The molecular weight excluding hydrogens is 1610 g/mol. The molecule has 116 heavy (non-hydrogen) atoms. The van der Waals surface area contributed by atoms with Gasteiger partial charge in [0.15, 0.2) is 5.96 Å². The summed E-state index contributed by atoms with van der Waals surface area (Å²) in [6.07, 6.45) is 4.09. The number of aromatic hydroxyl groups is 1. The second-order valence-electron chi connectivity index (χ2n) is 29.0. The van der Waals surface area contributed by atoms with Crippen LogP contribution in [0.5, 0.6) is 5.75 Å². The molecule has 15 N–H and O–H groups in total. The molecule has 2 heterocycles. The molecule has 0 radical (unpaired) electrons. The Morgan fingerprint density at radius 2 is 1.17 bits per heavy atom. The van der Waals surface area contributed by atoms with Crippen LogP contribution in [0.1, 0.15) is 112 Å². The number of aryl methyl sites for hydroxylation is 2. The normalized spacial score (nSPS) is 17.0. The number of carboxylic acids is 2. The van der Waals surface area contributed by atoms with E-state index >= 15 is 0 Å². The van der Waals surface area contributed by atoms with Crippen molar-refractivity contribution in [3.05, 3.63) is 135 Å². The van der Waals surface area contributed by atoms with Gasteiger partial charge in [-0.15, -0.1) is 0 Å². The van der Waals surface area contributed by atoms with Gasteiger partial charge in [0.05, 0.1) is 36.3 Å². The minimum absolute atomic E-state index is 0.00863. The molecule has 2 saturated heterocycles. The summed E-state index contributed by atoms with van der Waals surface area (Å²) in [6, 6.07) is 26.5. The summed E-state index contributed by atoms with van der Waals surface area (Å²) in [5, 5.41) is 64.3. The zero-order valence-electron chi connectivity index (χ0n) is 65.8. The minimum Gasteiger partial charge on any atom is -0.507 e. The number of nitrogens with two attached hydrogens (primary N) is 1. The Morgan fingerprint density at radius 3 is 1.80 bits per heavy atom. The van der Waals surface area contributed by atoms with Gasteiger partial charge in [-0.2, -0.15) is 0 Å². The number of fused-ring (bicyclic) bond motifs is 1. The highest BCUT2D eigenvalue weighted by Crippen LogP contribution is 2.24. The van der Waals surface area contributed by atoms with Crippen LogP contribution in [0, 0.1) is 15.9 Å². The van der Waals surface area contributed by atoms with E-state index in [1.54, 1.807) is 62.1 Å². The molecule has 0 saturated carbocycles. The lowest BCUT2D eigenvalue weighted by Crippen LogP contribution is -2.60. The summed E-state index contributed by atoms with van der Waals surface area (Å²) < 4.78 is 5.54. The van der Waals surface area contributed by atoms with E-state index in [-0.39, 0.29) is 186 Å². The van der Waals surface area contributed by atoms with Crippen molar-refractivity contribution in [1.82, 2.24) is 66.6 Å². The SMILES string of the molecule is Cc1ccc(CCCC(=O)Nc2ccc(NC(=O)CCCC[C@H](NC(=O)CN3CCN(COC=O)CCN(CC(=O)O)CCN(CC(=O)O)CC3)C(=O)NCCCCCC(=O)NCCC[C@@H]3C(=O)N[C@@H](CCCNC(=N)N)C(=O)N(Cc4ccc5ccccc5c4)C(=O)NCC(=O)N[C@H](Cc4ccc(O)c(I)c4)C(=O)N3C)cc2)cc1. The Bertz CT molecular complexity index is 4160. The van der Waals surface area contributed by atoms with E-state index in [1.165, 1.54) is 18.0 Å². The number of carbonyl (C=O) groups is 13. The summed E-state index contributed by atoms with van der Waals surface area (Å²) in [4.78, 5) is 184. The van der Waals surface area contributed by atoms with Gasteiger partial charge < -0.3 is 78.5 Å². The number of carboxylic acid groups (broad SMARTS) is 2. The lowest BCUT2D eigenvalue weighted by atomic mass is 10.0. The molecule has 2 aliphatic rings. The number of nitrogens with one attached hydrogen (secondary N) is 10. The number of amides is 11. The molecule has 34 nitrogen and oxygen atoms in total. The number of nitrogens with zero attached hydrogens (tertiary/aromatic N) is 6. The average molecular weight is 1720 g/mol. The minimum atomic E-state index is -1.38. The molecule has 628 valence electrons. The van der Waals surface area contributed by atoms with Crippen LogP contribution in [0.3, 0.4) is 0 Å². The molecule has 2 aliphatic heterocycles. The molecular formula is C81H110IN17O17. The molecule has 0 unspecified atom stereocenters. The lowest BCUT2D eigenvalue weighted by molar-refractivity contribution is -0.143. The van der Waals surface area contributed by atoms with E-state index in [9.17, 15) is 77.6 Å². The lowest BCUT2D eigenvalue weighted by Gasteiger charge is -2.33. The van der Waals surface area contributed by atoms with E-state index in [4.69, 9.17) is 15.9 Å². The van der Waals surface area contributed by atoms with Crippen molar-refractivity contribution in [2.24, 2.45) is 5.73 Å². The van der Waals surface area contributed by atoms with Gasteiger partial charge in [-0.1, -0.05) is 85.1 Å². The molecule has 0 aromatic heterocycles. The topological polar surface area (TPSA) is 469 Å². The number of carbonyl (C=O) groups excluding carboxylic acids is 11. The van der Waals surface area contributed by atoms with Crippen LogP contribution in [-0.2, 0) is 81.7 Å². The molecule has 5 aromatic carbocycles. The van der Waals surface area contributed by atoms with Crippen molar-refractivity contribution in [2.45, 2.75) is 140 Å². The van der Waals surface area contributed by atoms with Crippen molar-refractivity contribution < 1.29 is 82.4 Å². The molecule has 0 aliphatic carbocycles. The number of aliphatic carboxylic acids is 2. The van der Waals surface area contributed by atoms with Gasteiger partial charge in [0.1, 0.15) is 36.6 Å². The molecule has 7 rings (SSSR count). The Morgan fingerprint density at radius 1 is 0.603 bits per heavy atom. The number of hydrogen-bond donors (Lipinski definition) is 14. The third kappa shape index (κ3) is 33.5. The number of imide groups is 1.